The summed E-state index contributed by atoms with van der Waals surface area (Å²) in [4.78, 5) is 14.0. The van der Waals surface area contributed by atoms with Crippen LogP contribution in [0.1, 0.15) is 11.1 Å². The number of thiophene rings is 1. The highest BCUT2D eigenvalue weighted by Gasteiger charge is 2.36. The molecule has 1 saturated heterocycles. The molecular formula is C15H8F3NOS3. The van der Waals surface area contributed by atoms with Gasteiger partial charge in [0.25, 0.3) is 5.91 Å². The van der Waals surface area contributed by atoms with Crippen LogP contribution in [-0.2, 0) is 11.0 Å². The molecule has 23 heavy (non-hydrogen) atoms. The average molecular weight is 371 g/mol. The van der Waals surface area contributed by atoms with Crippen LogP contribution in [0.3, 0.4) is 0 Å². The number of nitrogens with zero attached hydrogens (tertiary/aromatic N) is 1. The van der Waals surface area contributed by atoms with Gasteiger partial charge in [0.2, 0.25) is 0 Å². The van der Waals surface area contributed by atoms with Gasteiger partial charge in [-0.25, -0.2) is 0 Å². The van der Waals surface area contributed by atoms with Crippen LogP contribution >= 0.6 is 35.3 Å². The SMILES string of the molecule is O=C1C(=Cc2ccsc2)SC(=S)N1c1cccc(C(F)(F)F)c1. The first-order chi connectivity index (χ1) is 10.9. The van der Waals surface area contributed by atoms with Crippen LogP contribution in [0.25, 0.3) is 6.08 Å². The zero-order chi connectivity index (χ0) is 16.6. The summed E-state index contributed by atoms with van der Waals surface area (Å²) in [6, 6.07) is 6.44. The Bertz CT molecular complexity index is 797. The molecule has 0 bridgehead atoms. The van der Waals surface area contributed by atoms with Crippen molar-refractivity contribution < 1.29 is 18.0 Å². The maximum absolute atomic E-state index is 12.8. The molecule has 3 rings (SSSR count). The van der Waals surface area contributed by atoms with E-state index in [4.69, 9.17) is 12.2 Å². The molecular weight excluding hydrogens is 363 g/mol. The number of carbonyl (C=O) groups excluding carboxylic acids is 1. The second-order valence-electron chi connectivity index (χ2n) is 4.62. The molecule has 0 aliphatic carbocycles. The van der Waals surface area contributed by atoms with E-state index in [0.717, 1.165) is 34.4 Å². The Morgan fingerprint density at radius 2 is 2.00 bits per heavy atom. The standard InChI is InChI=1S/C15H8F3NOS3/c16-15(17,18)10-2-1-3-11(7-10)19-13(20)12(23-14(19)21)6-9-4-5-22-8-9/h1-8H. The smallest absolute Gasteiger partial charge is 0.268 e. The summed E-state index contributed by atoms with van der Waals surface area (Å²) in [6.45, 7) is 0. The van der Waals surface area contributed by atoms with Crippen LogP contribution in [0.15, 0.2) is 46.0 Å². The lowest BCUT2D eigenvalue weighted by atomic mass is 10.2. The van der Waals surface area contributed by atoms with Crippen molar-refractivity contribution in [3.05, 3.63) is 57.1 Å². The third-order valence-electron chi connectivity index (χ3n) is 3.07. The third kappa shape index (κ3) is 3.34. The van der Waals surface area contributed by atoms with Gasteiger partial charge in [0.15, 0.2) is 4.32 Å². The second kappa shape index (κ2) is 6.10. The van der Waals surface area contributed by atoms with Gasteiger partial charge in [0.1, 0.15) is 0 Å². The van der Waals surface area contributed by atoms with E-state index in [0.29, 0.717) is 4.91 Å². The van der Waals surface area contributed by atoms with Gasteiger partial charge in [-0.15, -0.1) is 0 Å². The van der Waals surface area contributed by atoms with E-state index in [-0.39, 0.29) is 10.0 Å². The zero-order valence-corrected chi connectivity index (χ0v) is 13.8. The topological polar surface area (TPSA) is 20.3 Å². The normalized spacial score (nSPS) is 17.3. The van der Waals surface area contributed by atoms with Crippen LogP contribution in [0.4, 0.5) is 18.9 Å². The van der Waals surface area contributed by atoms with E-state index in [1.807, 2.05) is 16.8 Å². The van der Waals surface area contributed by atoms with Gasteiger partial charge < -0.3 is 0 Å². The van der Waals surface area contributed by atoms with E-state index in [1.54, 1.807) is 6.08 Å². The van der Waals surface area contributed by atoms with Gasteiger partial charge in [-0.3, -0.25) is 9.69 Å². The molecule has 1 amide bonds. The molecule has 0 unspecified atom stereocenters. The number of anilines is 1. The van der Waals surface area contributed by atoms with Crippen molar-refractivity contribution in [1.82, 2.24) is 0 Å². The Morgan fingerprint density at radius 3 is 2.65 bits per heavy atom. The molecule has 1 aromatic carbocycles. The molecule has 2 aromatic rings. The Morgan fingerprint density at radius 1 is 1.22 bits per heavy atom. The molecule has 0 atom stereocenters. The number of rotatable bonds is 2. The Kier molecular flexibility index (Phi) is 4.31. The maximum Gasteiger partial charge on any atom is 0.416 e. The molecule has 8 heteroatoms. The van der Waals surface area contributed by atoms with Gasteiger partial charge in [0, 0.05) is 0 Å². The molecule has 1 aliphatic heterocycles. The number of alkyl halides is 3. The first kappa shape index (κ1) is 16.2. The summed E-state index contributed by atoms with van der Waals surface area (Å²) in [5.41, 5.74) is 0.168. The number of thioether (sulfide) groups is 1. The van der Waals surface area contributed by atoms with E-state index in [1.165, 1.54) is 23.5 Å². The fraction of sp³-hybridized carbons (Fsp3) is 0.0667. The first-order valence-corrected chi connectivity index (χ1v) is 8.50. The van der Waals surface area contributed by atoms with Crippen LogP contribution < -0.4 is 4.90 Å². The van der Waals surface area contributed by atoms with Gasteiger partial charge >= 0.3 is 6.18 Å². The summed E-state index contributed by atoms with van der Waals surface area (Å²) in [6.07, 6.45) is -2.79. The highest BCUT2D eigenvalue weighted by atomic mass is 32.2. The fourth-order valence-corrected chi connectivity index (χ4v) is 3.94. The average Bonchev–Trinajstić information content (AvgIpc) is 3.08. The lowest BCUT2D eigenvalue weighted by Crippen LogP contribution is -2.27. The minimum atomic E-state index is -4.47. The summed E-state index contributed by atoms with van der Waals surface area (Å²) in [7, 11) is 0. The molecule has 0 spiro atoms. The predicted molar refractivity (Wildman–Crippen MR) is 91.4 cm³/mol. The minimum Gasteiger partial charge on any atom is -0.268 e. The summed E-state index contributed by atoms with van der Waals surface area (Å²) < 4.78 is 38.7. The van der Waals surface area contributed by atoms with Crippen molar-refractivity contribution in [3.8, 4) is 0 Å². The van der Waals surface area contributed by atoms with Gasteiger partial charge in [0.05, 0.1) is 16.2 Å². The van der Waals surface area contributed by atoms with Crippen molar-refractivity contribution in [2.24, 2.45) is 0 Å². The number of amides is 1. The highest BCUT2D eigenvalue weighted by molar-refractivity contribution is 8.27. The first-order valence-electron chi connectivity index (χ1n) is 6.34. The third-order valence-corrected chi connectivity index (χ3v) is 5.07. The molecule has 1 fully saturated rings. The molecule has 1 aliphatic rings. The van der Waals surface area contributed by atoms with Crippen molar-refractivity contribution in [3.63, 3.8) is 0 Å². The van der Waals surface area contributed by atoms with Crippen molar-refractivity contribution in [1.29, 1.82) is 0 Å². The van der Waals surface area contributed by atoms with Crippen LogP contribution in [0.2, 0.25) is 0 Å². The van der Waals surface area contributed by atoms with Crippen molar-refractivity contribution >= 4 is 57.3 Å². The number of hydrogen-bond acceptors (Lipinski definition) is 4. The van der Waals surface area contributed by atoms with E-state index in [2.05, 4.69) is 0 Å². The van der Waals surface area contributed by atoms with E-state index >= 15 is 0 Å². The molecule has 118 valence electrons. The lowest BCUT2D eigenvalue weighted by Gasteiger charge is -2.16. The van der Waals surface area contributed by atoms with Crippen molar-refractivity contribution in [2.45, 2.75) is 6.18 Å². The number of thiocarbonyl (C=S) groups is 1. The fourth-order valence-electron chi connectivity index (χ4n) is 2.02. The number of halogens is 3. The molecule has 0 saturated carbocycles. The molecule has 1 aromatic heterocycles. The summed E-state index contributed by atoms with van der Waals surface area (Å²) in [5, 5.41) is 3.75. The maximum atomic E-state index is 12.8. The summed E-state index contributed by atoms with van der Waals surface area (Å²) >= 11 is 7.73. The van der Waals surface area contributed by atoms with Crippen LogP contribution in [-0.4, -0.2) is 10.2 Å². The minimum absolute atomic E-state index is 0.121. The molecule has 2 nitrogen and oxygen atoms in total. The number of benzene rings is 1. The lowest BCUT2D eigenvalue weighted by molar-refractivity contribution is -0.137. The monoisotopic (exact) mass is 371 g/mol. The largest absolute Gasteiger partial charge is 0.416 e. The molecule has 0 N–H and O–H groups in total. The van der Waals surface area contributed by atoms with Crippen molar-refractivity contribution in [2.75, 3.05) is 4.90 Å². The molecule has 0 radical (unpaired) electrons. The van der Waals surface area contributed by atoms with Gasteiger partial charge in [-0.2, -0.15) is 24.5 Å². The predicted octanol–water partition coefficient (Wildman–Crippen LogP) is 5.17. The van der Waals surface area contributed by atoms with E-state index < -0.39 is 17.6 Å². The van der Waals surface area contributed by atoms with Crippen LogP contribution in [0.5, 0.6) is 0 Å². The van der Waals surface area contributed by atoms with E-state index in [9.17, 15) is 18.0 Å². The Hall–Kier alpha value is -1.64. The molecule has 2 heterocycles. The number of hydrogen-bond donors (Lipinski definition) is 0. The van der Waals surface area contributed by atoms with Gasteiger partial charge in [-0.1, -0.05) is 30.0 Å². The second-order valence-corrected chi connectivity index (χ2v) is 7.08. The van der Waals surface area contributed by atoms with Crippen LogP contribution in [0, 0.1) is 0 Å². The Labute approximate surface area is 143 Å². The zero-order valence-electron chi connectivity index (χ0n) is 11.3. The van der Waals surface area contributed by atoms with Gasteiger partial charge in [-0.05, 0) is 46.7 Å². The number of carbonyl (C=O) groups is 1. The summed E-state index contributed by atoms with van der Waals surface area (Å²) in [5.74, 6) is -0.412. The quantitative estimate of drug-likeness (QED) is 0.536. The Balaban J connectivity index is 1.95. The highest BCUT2D eigenvalue weighted by Crippen LogP contribution is 2.38.